The molecule has 15 heteroatoms. The lowest BCUT2D eigenvalue weighted by Crippen LogP contribution is -2.55. The van der Waals surface area contributed by atoms with Gasteiger partial charge in [0.1, 0.15) is 5.75 Å². The summed E-state index contributed by atoms with van der Waals surface area (Å²) in [5.74, 6) is -0.732. The molecule has 2 unspecified atom stereocenters. The van der Waals surface area contributed by atoms with Gasteiger partial charge in [-0.2, -0.15) is 5.21 Å². The molecule has 53 heavy (non-hydrogen) atoms. The zero-order chi connectivity index (χ0) is 37.2. The molecule has 2 amide bonds. The molecule has 0 spiro atoms. The average molecular weight is 762 g/mol. The molecule has 0 bridgehead atoms. The van der Waals surface area contributed by atoms with Crippen LogP contribution in [-0.4, -0.2) is 111 Å². The van der Waals surface area contributed by atoms with Crippen LogP contribution in [0.2, 0.25) is 10.0 Å². The molecule has 1 aromatic heterocycles. The van der Waals surface area contributed by atoms with Crippen LogP contribution in [0.1, 0.15) is 53.6 Å². The van der Waals surface area contributed by atoms with E-state index in [1.54, 1.807) is 30.3 Å². The Morgan fingerprint density at radius 2 is 1.75 bits per heavy atom. The van der Waals surface area contributed by atoms with Crippen molar-refractivity contribution in [2.24, 2.45) is 5.92 Å². The van der Waals surface area contributed by atoms with Crippen LogP contribution in [-0.2, 0) is 20.4 Å². The summed E-state index contributed by atoms with van der Waals surface area (Å²) in [5, 5.41) is 26.4. The van der Waals surface area contributed by atoms with E-state index in [0.717, 1.165) is 30.5 Å². The van der Waals surface area contributed by atoms with Gasteiger partial charge in [0.2, 0.25) is 11.7 Å². The lowest BCUT2D eigenvalue weighted by atomic mass is 9.71. The summed E-state index contributed by atoms with van der Waals surface area (Å²) in [5.41, 5.74) is 4.98. The number of benzene rings is 3. The van der Waals surface area contributed by atoms with E-state index in [1.807, 2.05) is 53.4 Å². The van der Waals surface area contributed by atoms with Gasteiger partial charge in [-0.25, -0.2) is 5.01 Å². The summed E-state index contributed by atoms with van der Waals surface area (Å²) in [6.45, 7) is 3.94. The number of hydrazine groups is 1. The Balaban J connectivity index is 1.08. The first-order chi connectivity index (χ1) is 25.6. The number of hydrogen-bond acceptors (Lipinski definition) is 9. The van der Waals surface area contributed by atoms with Gasteiger partial charge in [0.25, 0.3) is 5.91 Å². The number of aromatic amines is 1. The molecule has 3 N–H and O–H groups in total. The Labute approximate surface area is 317 Å². The minimum atomic E-state index is -0.837. The molecule has 7 rings (SSSR count). The maximum absolute atomic E-state index is 14.2. The number of likely N-dealkylation sites (tertiary alicyclic amines) is 2. The number of tetrazole rings is 1. The summed E-state index contributed by atoms with van der Waals surface area (Å²) in [7, 11) is 1.54. The number of H-pyrrole nitrogens is 1. The van der Waals surface area contributed by atoms with E-state index in [9.17, 15) is 19.5 Å². The molecule has 0 aliphatic carbocycles. The minimum absolute atomic E-state index is 0.0922. The molecule has 3 aliphatic rings. The SMILES string of the molecule is COc1ccc(-c2nn[nH]n2)cc1C(=O)N1CCC(CCN2CCC(C(=O)NN3CCC(C(=O)O)C3)(c3ccccc3)CC2)(c2ccc(Cl)c(Cl)c2)C1. The van der Waals surface area contributed by atoms with Crippen molar-refractivity contribution >= 4 is 41.0 Å². The van der Waals surface area contributed by atoms with Crippen LogP contribution in [0.4, 0.5) is 0 Å². The topological polar surface area (TPSA) is 157 Å². The second kappa shape index (κ2) is 15.4. The van der Waals surface area contributed by atoms with Crippen LogP contribution < -0.4 is 10.2 Å². The van der Waals surface area contributed by atoms with Crippen molar-refractivity contribution in [2.75, 3.05) is 52.9 Å². The molecular formula is C38H42Cl2N8O5. The molecule has 0 saturated carbocycles. The molecule has 4 heterocycles. The molecule has 3 aromatic carbocycles. The number of ether oxygens (including phenoxy) is 1. The number of carboxylic acids is 1. The zero-order valence-corrected chi connectivity index (χ0v) is 30.9. The predicted molar refractivity (Wildman–Crippen MR) is 199 cm³/mol. The maximum Gasteiger partial charge on any atom is 0.307 e. The Kier molecular flexibility index (Phi) is 10.7. The Hall–Kier alpha value is -4.56. The number of nitrogens with zero attached hydrogens (tertiary/aromatic N) is 6. The summed E-state index contributed by atoms with van der Waals surface area (Å²) in [6.07, 6.45) is 3.20. The van der Waals surface area contributed by atoms with Crippen molar-refractivity contribution in [3.05, 3.63) is 93.5 Å². The van der Waals surface area contributed by atoms with Crippen molar-refractivity contribution < 1.29 is 24.2 Å². The van der Waals surface area contributed by atoms with E-state index in [-0.39, 0.29) is 11.8 Å². The number of methoxy groups -OCH3 is 1. The normalized spacial score (nSPS) is 21.8. The first-order valence-corrected chi connectivity index (χ1v) is 18.6. The highest BCUT2D eigenvalue weighted by Gasteiger charge is 2.46. The van der Waals surface area contributed by atoms with Crippen LogP contribution in [0.5, 0.6) is 5.75 Å². The van der Waals surface area contributed by atoms with Gasteiger partial charge in [-0.05, 0) is 98.4 Å². The Bertz CT molecular complexity index is 1960. The number of carbonyl (C=O) groups is 3. The third kappa shape index (κ3) is 7.48. The van der Waals surface area contributed by atoms with Crippen LogP contribution in [0, 0.1) is 5.92 Å². The molecule has 2 atom stereocenters. The van der Waals surface area contributed by atoms with Crippen LogP contribution in [0.3, 0.4) is 0 Å². The fourth-order valence-electron chi connectivity index (χ4n) is 8.17. The number of carbonyl (C=O) groups excluding carboxylic acids is 2. The van der Waals surface area contributed by atoms with E-state index >= 15 is 0 Å². The Morgan fingerprint density at radius 3 is 2.43 bits per heavy atom. The summed E-state index contributed by atoms with van der Waals surface area (Å²) in [6, 6.07) is 20.9. The third-order valence-corrected chi connectivity index (χ3v) is 12.1. The second-order valence-corrected chi connectivity index (χ2v) is 15.1. The van der Waals surface area contributed by atoms with E-state index in [0.29, 0.717) is 91.3 Å². The number of aromatic nitrogens is 4. The molecule has 0 radical (unpaired) electrons. The largest absolute Gasteiger partial charge is 0.496 e. The molecule has 3 fully saturated rings. The monoisotopic (exact) mass is 760 g/mol. The van der Waals surface area contributed by atoms with E-state index < -0.39 is 22.7 Å². The van der Waals surface area contributed by atoms with Gasteiger partial charge in [-0.1, -0.05) is 59.6 Å². The van der Waals surface area contributed by atoms with Crippen molar-refractivity contribution in [1.29, 1.82) is 0 Å². The molecule has 4 aromatic rings. The van der Waals surface area contributed by atoms with Crippen LogP contribution in [0.15, 0.2) is 66.7 Å². The van der Waals surface area contributed by atoms with Crippen molar-refractivity contribution in [2.45, 2.75) is 42.9 Å². The highest BCUT2D eigenvalue weighted by molar-refractivity contribution is 6.42. The van der Waals surface area contributed by atoms with E-state index in [4.69, 9.17) is 27.9 Å². The minimum Gasteiger partial charge on any atom is -0.496 e. The molecule has 13 nitrogen and oxygen atoms in total. The fraction of sp³-hybridized carbons (Fsp3) is 0.421. The van der Waals surface area contributed by atoms with Gasteiger partial charge < -0.3 is 19.6 Å². The molecule has 278 valence electrons. The quantitative estimate of drug-likeness (QED) is 0.194. The van der Waals surface area contributed by atoms with Crippen molar-refractivity contribution in [1.82, 2.24) is 40.9 Å². The highest BCUT2D eigenvalue weighted by Crippen LogP contribution is 2.43. The number of carboxylic acid groups (broad SMARTS) is 1. The second-order valence-electron chi connectivity index (χ2n) is 14.3. The van der Waals surface area contributed by atoms with Crippen molar-refractivity contribution in [3.8, 4) is 17.1 Å². The first-order valence-electron chi connectivity index (χ1n) is 17.8. The van der Waals surface area contributed by atoms with E-state index in [2.05, 4.69) is 30.9 Å². The fourth-order valence-corrected chi connectivity index (χ4v) is 8.47. The summed E-state index contributed by atoms with van der Waals surface area (Å²) >= 11 is 12.9. The number of piperidine rings is 1. The van der Waals surface area contributed by atoms with Gasteiger partial charge >= 0.3 is 5.97 Å². The van der Waals surface area contributed by atoms with Gasteiger partial charge in [0.05, 0.1) is 34.1 Å². The van der Waals surface area contributed by atoms with Gasteiger partial charge in [0.15, 0.2) is 0 Å². The highest BCUT2D eigenvalue weighted by atomic mass is 35.5. The van der Waals surface area contributed by atoms with Crippen LogP contribution in [0.25, 0.3) is 11.4 Å². The first kappa shape index (κ1) is 36.8. The standard InChI is InChI=1S/C38H42Cl2N8O5/c1-53-32-10-7-25(33-41-44-45-42-33)21-29(32)34(49)47-20-13-37(24-47,28-8-9-30(39)31(40)22-28)12-17-46-18-14-38(15-19-46,27-5-3-2-4-6-27)36(52)43-48-16-11-26(23-48)35(50)51/h2-10,21-22,26H,11-20,23-24H2,1H3,(H,43,52)(H,50,51)(H,41,42,44,45). The lowest BCUT2D eigenvalue weighted by Gasteiger charge is -2.42. The van der Waals surface area contributed by atoms with Gasteiger partial charge in [0, 0.05) is 37.2 Å². The number of aliphatic carboxylic acids is 1. The predicted octanol–water partition coefficient (Wildman–Crippen LogP) is 4.83. The smallest absolute Gasteiger partial charge is 0.307 e. The summed E-state index contributed by atoms with van der Waals surface area (Å²) in [4.78, 5) is 44.1. The Morgan fingerprint density at radius 1 is 0.962 bits per heavy atom. The molecular weight excluding hydrogens is 719 g/mol. The number of hydrogen-bond donors (Lipinski definition) is 3. The number of rotatable bonds is 11. The summed E-state index contributed by atoms with van der Waals surface area (Å²) < 4.78 is 5.60. The molecule has 3 aliphatic heterocycles. The number of halogens is 2. The van der Waals surface area contributed by atoms with E-state index in [1.165, 1.54) is 0 Å². The van der Waals surface area contributed by atoms with Gasteiger partial charge in [-0.3, -0.25) is 19.8 Å². The zero-order valence-electron chi connectivity index (χ0n) is 29.4. The van der Waals surface area contributed by atoms with Crippen molar-refractivity contribution in [3.63, 3.8) is 0 Å². The average Bonchev–Trinajstić information content (AvgIpc) is 3.98. The number of nitrogens with one attached hydrogen (secondary N) is 2. The van der Waals surface area contributed by atoms with Crippen LogP contribution >= 0.6 is 23.2 Å². The third-order valence-electron chi connectivity index (χ3n) is 11.4. The number of amides is 2. The lowest BCUT2D eigenvalue weighted by molar-refractivity contribution is -0.142. The van der Waals surface area contributed by atoms with Gasteiger partial charge in [-0.15, -0.1) is 10.2 Å². The molecule has 3 saturated heterocycles. The maximum atomic E-state index is 14.2.